The fourth-order valence-corrected chi connectivity index (χ4v) is 4.84. The second-order valence-electron chi connectivity index (χ2n) is 5.55. The minimum Gasteiger partial charge on any atom is -0.395 e. The largest absolute Gasteiger partial charge is 0.395 e. The summed E-state index contributed by atoms with van der Waals surface area (Å²) >= 11 is 0. The van der Waals surface area contributed by atoms with Crippen molar-refractivity contribution in [3.05, 3.63) is 0 Å². The third kappa shape index (κ3) is 9.08. The number of hydrogen-bond acceptors (Lipinski definition) is 4. The standard InChI is InChI=1S/C15H32O4Si/c1-4-18-20(3,19-5-2)12-10-8-6-7-9-11-16-13-15-14-17-15/h15H,4-14H2,1-3H3. The van der Waals surface area contributed by atoms with E-state index in [4.69, 9.17) is 18.3 Å². The lowest BCUT2D eigenvalue weighted by atomic mass is 10.2. The van der Waals surface area contributed by atoms with Crippen molar-refractivity contribution in [3.8, 4) is 0 Å². The van der Waals surface area contributed by atoms with Crippen molar-refractivity contribution < 1.29 is 18.3 Å². The van der Waals surface area contributed by atoms with Gasteiger partial charge >= 0.3 is 8.56 Å². The second kappa shape index (κ2) is 10.7. The Morgan fingerprint density at radius 1 is 1.00 bits per heavy atom. The molecule has 1 heterocycles. The van der Waals surface area contributed by atoms with Gasteiger partial charge in [0.1, 0.15) is 6.10 Å². The van der Waals surface area contributed by atoms with Gasteiger partial charge < -0.3 is 18.3 Å². The van der Waals surface area contributed by atoms with Crippen LogP contribution in [0.25, 0.3) is 0 Å². The number of hydrogen-bond donors (Lipinski definition) is 0. The molecule has 1 unspecified atom stereocenters. The summed E-state index contributed by atoms with van der Waals surface area (Å²) in [6, 6.07) is 1.12. The van der Waals surface area contributed by atoms with E-state index in [1.54, 1.807) is 0 Å². The second-order valence-corrected chi connectivity index (χ2v) is 8.89. The third-order valence-electron chi connectivity index (χ3n) is 3.53. The molecule has 0 N–H and O–H groups in total. The summed E-state index contributed by atoms with van der Waals surface area (Å²) in [5.41, 5.74) is 0. The maximum Gasteiger partial charge on any atom is 0.334 e. The maximum atomic E-state index is 5.84. The zero-order chi connectivity index (χ0) is 14.7. The van der Waals surface area contributed by atoms with E-state index in [2.05, 4.69) is 20.4 Å². The molecule has 0 aromatic heterocycles. The molecule has 1 atom stereocenters. The molecule has 4 nitrogen and oxygen atoms in total. The average molecular weight is 305 g/mol. The molecule has 20 heavy (non-hydrogen) atoms. The first-order valence-electron chi connectivity index (χ1n) is 8.17. The van der Waals surface area contributed by atoms with Crippen LogP contribution in [0.15, 0.2) is 0 Å². The van der Waals surface area contributed by atoms with E-state index in [0.29, 0.717) is 6.10 Å². The van der Waals surface area contributed by atoms with Gasteiger partial charge in [0, 0.05) is 19.8 Å². The highest BCUT2D eigenvalue weighted by Crippen LogP contribution is 2.18. The van der Waals surface area contributed by atoms with Crippen LogP contribution >= 0.6 is 0 Å². The third-order valence-corrected chi connectivity index (χ3v) is 6.59. The molecule has 0 saturated carbocycles. The molecule has 0 bridgehead atoms. The molecular formula is C15H32O4Si. The van der Waals surface area contributed by atoms with E-state index in [0.717, 1.165) is 39.1 Å². The van der Waals surface area contributed by atoms with Gasteiger partial charge in [0.25, 0.3) is 0 Å². The van der Waals surface area contributed by atoms with Crippen LogP contribution in [0.5, 0.6) is 0 Å². The molecule has 120 valence electrons. The van der Waals surface area contributed by atoms with Crippen molar-refractivity contribution in [2.75, 3.05) is 33.0 Å². The average Bonchev–Trinajstić information content (AvgIpc) is 3.21. The summed E-state index contributed by atoms with van der Waals surface area (Å²) < 4.78 is 22.3. The topological polar surface area (TPSA) is 40.2 Å². The normalized spacial score (nSPS) is 18.4. The Hall–Kier alpha value is 0.0569. The summed E-state index contributed by atoms with van der Waals surface area (Å²) in [6.45, 7) is 10.4. The highest BCUT2D eigenvalue weighted by Gasteiger charge is 2.29. The van der Waals surface area contributed by atoms with E-state index >= 15 is 0 Å². The van der Waals surface area contributed by atoms with E-state index in [1.807, 2.05) is 0 Å². The van der Waals surface area contributed by atoms with Crippen LogP contribution in [0.3, 0.4) is 0 Å². The van der Waals surface area contributed by atoms with Gasteiger partial charge in [0.15, 0.2) is 0 Å². The molecule has 1 rings (SSSR count). The summed E-state index contributed by atoms with van der Waals surface area (Å²) in [7, 11) is -1.87. The monoisotopic (exact) mass is 304 g/mol. The van der Waals surface area contributed by atoms with Gasteiger partial charge in [0.2, 0.25) is 0 Å². The Labute approximate surface area is 125 Å². The lowest BCUT2D eigenvalue weighted by Crippen LogP contribution is -2.38. The molecule has 5 heteroatoms. The smallest absolute Gasteiger partial charge is 0.334 e. The van der Waals surface area contributed by atoms with Gasteiger partial charge in [-0.15, -0.1) is 0 Å². The molecule has 0 radical (unpaired) electrons. The van der Waals surface area contributed by atoms with Crippen LogP contribution in [0.4, 0.5) is 0 Å². The van der Waals surface area contributed by atoms with Crippen molar-refractivity contribution in [2.45, 2.75) is 64.6 Å². The number of epoxide rings is 1. The number of ether oxygens (including phenoxy) is 2. The highest BCUT2D eigenvalue weighted by molar-refractivity contribution is 6.66. The van der Waals surface area contributed by atoms with Gasteiger partial charge in [-0.2, -0.15) is 0 Å². The van der Waals surface area contributed by atoms with Crippen molar-refractivity contribution in [1.29, 1.82) is 0 Å². The van der Waals surface area contributed by atoms with Crippen molar-refractivity contribution in [3.63, 3.8) is 0 Å². The Bertz CT molecular complexity index is 228. The SMILES string of the molecule is CCO[Si](C)(CCCCCCCOCC1CO1)OCC. The van der Waals surface area contributed by atoms with E-state index < -0.39 is 8.56 Å². The van der Waals surface area contributed by atoms with Gasteiger partial charge in [0.05, 0.1) is 13.2 Å². The first-order valence-corrected chi connectivity index (χ1v) is 10.7. The van der Waals surface area contributed by atoms with Crippen LogP contribution in [0.1, 0.15) is 46.0 Å². The van der Waals surface area contributed by atoms with Gasteiger partial charge in [-0.3, -0.25) is 0 Å². The van der Waals surface area contributed by atoms with Crippen LogP contribution in [0, 0.1) is 0 Å². The van der Waals surface area contributed by atoms with Crippen molar-refractivity contribution >= 4 is 8.56 Å². The molecule has 0 aromatic rings. The first kappa shape index (κ1) is 18.1. The molecule has 1 fully saturated rings. The molecule has 0 aromatic carbocycles. The summed E-state index contributed by atoms with van der Waals surface area (Å²) in [5, 5.41) is 0. The Kier molecular flexibility index (Phi) is 9.72. The fraction of sp³-hybridized carbons (Fsp3) is 1.00. The van der Waals surface area contributed by atoms with Crippen LogP contribution < -0.4 is 0 Å². The van der Waals surface area contributed by atoms with Crippen LogP contribution in [-0.4, -0.2) is 47.7 Å². The first-order chi connectivity index (χ1) is 9.70. The van der Waals surface area contributed by atoms with E-state index in [-0.39, 0.29) is 0 Å². The zero-order valence-electron chi connectivity index (χ0n) is 13.5. The predicted octanol–water partition coefficient (Wildman–Crippen LogP) is 3.50. The Balaban J connectivity index is 1.88. The Morgan fingerprint density at radius 3 is 2.20 bits per heavy atom. The zero-order valence-corrected chi connectivity index (χ0v) is 14.5. The Morgan fingerprint density at radius 2 is 1.60 bits per heavy atom. The lowest BCUT2D eigenvalue weighted by Gasteiger charge is -2.25. The quantitative estimate of drug-likeness (QED) is 0.280. The van der Waals surface area contributed by atoms with Crippen molar-refractivity contribution in [2.24, 2.45) is 0 Å². The molecule has 0 aliphatic carbocycles. The molecule has 1 aliphatic rings. The number of unbranched alkanes of at least 4 members (excludes halogenated alkanes) is 4. The molecule has 1 aliphatic heterocycles. The van der Waals surface area contributed by atoms with Crippen LogP contribution in [0.2, 0.25) is 12.6 Å². The van der Waals surface area contributed by atoms with Gasteiger partial charge in [-0.1, -0.05) is 25.7 Å². The van der Waals surface area contributed by atoms with E-state index in [9.17, 15) is 0 Å². The van der Waals surface area contributed by atoms with Crippen LogP contribution in [-0.2, 0) is 18.3 Å². The summed E-state index contributed by atoms with van der Waals surface area (Å²) in [6.07, 6.45) is 6.60. The molecular weight excluding hydrogens is 272 g/mol. The molecule has 0 amide bonds. The minimum absolute atomic E-state index is 0.398. The molecule has 0 spiro atoms. The lowest BCUT2D eigenvalue weighted by molar-refractivity contribution is 0.113. The minimum atomic E-state index is -1.87. The van der Waals surface area contributed by atoms with Crippen molar-refractivity contribution in [1.82, 2.24) is 0 Å². The number of rotatable bonds is 14. The van der Waals surface area contributed by atoms with Gasteiger partial charge in [-0.05, 0) is 32.9 Å². The fourth-order valence-electron chi connectivity index (χ4n) is 2.36. The summed E-state index contributed by atoms with van der Waals surface area (Å²) in [4.78, 5) is 0. The summed E-state index contributed by atoms with van der Waals surface area (Å²) in [5.74, 6) is 0. The maximum absolute atomic E-state index is 5.84. The predicted molar refractivity (Wildman–Crippen MR) is 83.3 cm³/mol. The molecule has 1 saturated heterocycles. The van der Waals surface area contributed by atoms with Gasteiger partial charge in [-0.25, -0.2) is 0 Å². The van der Waals surface area contributed by atoms with E-state index in [1.165, 1.54) is 32.1 Å². The highest BCUT2D eigenvalue weighted by atomic mass is 28.4.